The number of ether oxygens (including phenoxy) is 2. The molecule has 0 atom stereocenters. The topological polar surface area (TPSA) is 59.0 Å². The van der Waals surface area contributed by atoms with Gasteiger partial charge in [-0.05, 0) is 85.4 Å². The molecule has 4 rings (SSSR count). The summed E-state index contributed by atoms with van der Waals surface area (Å²) in [4.78, 5) is 13.9. The van der Waals surface area contributed by atoms with Crippen LogP contribution in [-0.2, 0) is 11.2 Å². The van der Waals surface area contributed by atoms with Crippen molar-refractivity contribution in [3.8, 4) is 17.2 Å². The number of hydrogen-bond donors (Lipinski definition) is 1. The Labute approximate surface area is 195 Å². The van der Waals surface area contributed by atoms with Crippen LogP contribution in [0.3, 0.4) is 0 Å². The number of Topliss-reactive ketones (excluding diaryl/α,β-unsaturated/α-hetero) is 1. The summed E-state index contributed by atoms with van der Waals surface area (Å²) >= 11 is 0. The number of nitrogens with zero attached hydrogens (tertiary/aromatic N) is 1. The van der Waals surface area contributed by atoms with Crippen LogP contribution in [0.25, 0.3) is 10.8 Å². The largest absolute Gasteiger partial charge is 0.508 e. The molecule has 1 saturated heterocycles. The van der Waals surface area contributed by atoms with Crippen molar-refractivity contribution in [2.24, 2.45) is 5.92 Å². The normalized spacial score (nSPS) is 15.0. The second-order valence-corrected chi connectivity index (χ2v) is 9.13. The lowest BCUT2D eigenvalue weighted by Crippen LogP contribution is -2.35. The average Bonchev–Trinajstić information content (AvgIpc) is 2.80. The molecule has 5 nitrogen and oxygen atoms in total. The van der Waals surface area contributed by atoms with Crippen LogP contribution in [0, 0.1) is 5.92 Å². The maximum Gasteiger partial charge on any atom is 0.167 e. The van der Waals surface area contributed by atoms with Crippen LogP contribution in [0.15, 0.2) is 54.6 Å². The molecule has 1 aliphatic heterocycles. The van der Waals surface area contributed by atoms with Crippen molar-refractivity contribution in [2.75, 3.05) is 32.8 Å². The molecule has 1 fully saturated rings. The summed E-state index contributed by atoms with van der Waals surface area (Å²) in [5.41, 5.74) is 2.13. The Kier molecular flexibility index (Phi) is 7.50. The first-order valence-corrected chi connectivity index (χ1v) is 11.8. The van der Waals surface area contributed by atoms with Gasteiger partial charge in [-0.1, -0.05) is 31.2 Å². The van der Waals surface area contributed by atoms with Gasteiger partial charge in [0.2, 0.25) is 0 Å². The molecule has 33 heavy (non-hydrogen) atoms. The molecule has 1 aliphatic rings. The van der Waals surface area contributed by atoms with E-state index >= 15 is 0 Å². The maximum absolute atomic E-state index is 11.5. The number of aromatic hydroxyl groups is 1. The number of hydrogen-bond acceptors (Lipinski definition) is 5. The minimum atomic E-state index is -0.0210. The second kappa shape index (κ2) is 10.7. The van der Waals surface area contributed by atoms with E-state index in [2.05, 4.69) is 24.0 Å². The number of fused-ring (bicyclic) bond motifs is 1. The van der Waals surface area contributed by atoms with Gasteiger partial charge in [0.1, 0.15) is 30.5 Å². The Morgan fingerprint density at radius 2 is 1.79 bits per heavy atom. The number of phenolic OH excluding ortho intramolecular Hbond substituents is 1. The number of carbonyl (C=O) groups excluding carboxylic acids is 1. The van der Waals surface area contributed by atoms with Gasteiger partial charge in [-0.3, -0.25) is 9.69 Å². The number of benzene rings is 3. The zero-order chi connectivity index (χ0) is 23.2. The van der Waals surface area contributed by atoms with Crippen LogP contribution in [0.2, 0.25) is 0 Å². The van der Waals surface area contributed by atoms with Gasteiger partial charge in [0.25, 0.3) is 0 Å². The third-order valence-corrected chi connectivity index (χ3v) is 6.36. The second-order valence-electron chi connectivity index (χ2n) is 9.13. The molecule has 174 valence electrons. The SMILES string of the molecule is CC(=O)COc1ccc2cc(O)ccc2c1Cc1ccc(OCCN2CCC(C)CC2)cc1. The summed E-state index contributed by atoms with van der Waals surface area (Å²) in [7, 11) is 0. The van der Waals surface area contributed by atoms with E-state index in [9.17, 15) is 9.90 Å². The number of likely N-dealkylation sites (tertiary alicyclic amines) is 1. The van der Waals surface area contributed by atoms with Gasteiger partial charge in [0, 0.05) is 18.5 Å². The predicted molar refractivity (Wildman–Crippen MR) is 131 cm³/mol. The number of rotatable bonds is 9. The Hall–Kier alpha value is -3.05. The van der Waals surface area contributed by atoms with Crippen molar-refractivity contribution in [1.82, 2.24) is 4.90 Å². The highest BCUT2D eigenvalue weighted by Gasteiger charge is 2.15. The number of piperidine rings is 1. The fraction of sp³-hybridized carbons (Fsp3) is 0.393. The van der Waals surface area contributed by atoms with Gasteiger partial charge in [-0.15, -0.1) is 0 Å². The molecule has 0 unspecified atom stereocenters. The zero-order valence-corrected chi connectivity index (χ0v) is 19.5. The summed E-state index contributed by atoms with van der Waals surface area (Å²) in [5.74, 6) is 2.62. The lowest BCUT2D eigenvalue weighted by molar-refractivity contribution is -0.118. The molecular weight excluding hydrogens is 414 g/mol. The minimum absolute atomic E-state index is 0.0210. The van der Waals surface area contributed by atoms with Gasteiger partial charge >= 0.3 is 0 Å². The summed E-state index contributed by atoms with van der Waals surface area (Å²) in [6.07, 6.45) is 3.21. The lowest BCUT2D eigenvalue weighted by Gasteiger charge is -2.29. The first-order valence-electron chi connectivity index (χ1n) is 11.8. The van der Waals surface area contributed by atoms with E-state index in [1.54, 1.807) is 12.1 Å². The van der Waals surface area contributed by atoms with Crippen LogP contribution in [0.1, 0.15) is 37.8 Å². The molecule has 5 heteroatoms. The molecule has 0 aliphatic carbocycles. The highest BCUT2D eigenvalue weighted by molar-refractivity contribution is 5.89. The van der Waals surface area contributed by atoms with Crippen molar-refractivity contribution in [1.29, 1.82) is 0 Å². The third-order valence-electron chi connectivity index (χ3n) is 6.36. The average molecular weight is 448 g/mol. The van der Waals surface area contributed by atoms with Crippen LogP contribution in [0.4, 0.5) is 0 Å². The molecule has 1 heterocycles. The van der Waals surface area contributed by atoms with Gasteiger partial charge < -0.3 is 14.6 Å². The molecule has 0 saturated carbocycles. The molecule has 0 radical (unpaired) electrons. The van der Waals surface area contributed by atoms with Crippen LogP contribution in [-0.4, -0.2) is 48.6 Å². The predicted octanol–water partition coefficient (Wildman–Crippen LogP) is 5.21. The minimum Gasteiger partial charge on any atom is -0.508 e. The maximum atomic E-state index is 11.5. The molecule has 0 aromatic heterocycles. The van der Waals surface area contributed by atoms with Gasteiger partial charge in [0.05, 0.1) is 0 Å². The molecule has 3 aromatic rings. The standard InChI is InChI=1S/C28H33NO4/c1-20-11-13-29(14-12-20)15-16-32-25-7-3-22(4-8-25)17-27-26-9-6-24(31)18-23(26)5-10-28(27)33-19-21(2)30/h3-10,18,20,31H,11-17,19H2,1-2H3. The zero-order valence-electron chi connectivity index (χ0n) is 19.5. The van der Waals surface area contributed by atoms with Crippen LogP contribution >= 0.6 is 0 Å². The Morgan fingerprint density at radius 3 is 2.52 bits per heavy atom. The molecule has 0 bridgehead atoms. The van der Waals surface area contributed by atoms with E-state index in [0.717, 1.165) is 40.1 Å². The molecule has 1 N–H and O–H groups in total. The van der Waals surface area contributed by atoms with E-state index < -0.39 is 0 Å². The van der Waals surface area contributed by atoms with Gasteiger partial charge in [-0.25, -0.2) is 0 Å². The third kappa shape index (κ3) is 6.26. The van der Waals surface area contributed by atoms with Crippen molar-refractivity contribution < 1.29 is 19.4 Å². The van der Waals surface area contributed by atoms with E-state index in [-0.39, 0.29) is 18.1 Å². The Bertz CT molecular complexity index is 1080. The highest BCUT2D eigenvalue weighted by atomic mass is 16.5. The fourth-order valence-electron chi connectivity index (χ4n) is 4.34. The summed E-state index contributed by atoms with van der Waals surface area (Å²) in [5, 5.41) is 11.8. The first kappa shape index (κ1) is 23.1. The summed E-state index contributed by atoms with van der Waals surface area (Å²) in [6.45, 7) is 7.89. The van der Waals surface area contributed by atoms with Gasteiger partial charge in [-0.2, -0.15) is 0 Å². The van der Waals surface area contributed by atoms with Crippen LogP contribution < -0.4 is 9.47 Å². The fourth-order valence-corrected chi connectivity index (χ4v) is 4.34. The monoisotopic (exact) mass is 447 g/mol. The summed E-state index contributed by atoms with van der Waals surface area (Å²) < 4.78 is 11.8. The van der Waals surface area contributed by atoms with Crippen molar-refractivity contribution in [2.45, 2.75) is 33.1 Å². The van der Waals surface area contributed by atoms with E-state index in [4.69, 9.17) is 9.47 Å². The molecule has 3 aromatic carbocycles. The van der Waals surface area contributed by atoms with E-state index in [1.165, 1.54) is 32.9 Å². The van der Waals surface area contributed by atoms with Crippen molar-refractivity contribution in [3.05, 3.63) is 65.7 Å². The lowest BCUT2D eigenvalue weighted by atomic mass is 9.97. The Morgan fingerprint density at radius 1 is 1.03 bits per heavy atom. The van der Waals surface area contributed by atoms with Crippen molar-refractivity contribution in [3.63, 3.8) is 0 Å². The highest BCUT2D eigenvalue weighted by Crippen LogP contribution is 2.32. The number of phenols is 1. The molecular formula is C28H33NO4. The number of ketones is 1. The smallest absolute Gasteiger partial charge is 0.167 e. The Balaban J connectivity index is 1.43. The van der Waals surface area contributed by atoms with Crippen molar-refractivity contribution >= 4 is 16.6 Å². The van der Waals surface area contributed by atoms with E-state index in [0.29, 0.717) is 18.8 Å². The number of carbonyl (C=O) groups is 1. The van der Waals surface area contributed by atoms with Gasteiger partial charge in [0.15, 0.2) is 5.78 Å². The van der Waals surface area contributed by atoms with E-state index in [1.807, 2.05) is 30.3 Å². The van der Waals surface area contributed by atoms with Crippen LogP contribution in [0.5, 0.6) is 17.2 Å². The molecule has 0 spiro atoms. The quantitative estimate of drug-likeness (QED) is 0.488. The molecule has 0 amide bonds. The summed E-state index contributed by atoms with van der Waals surface area (Å²) in [6, 6.07) is 17.3. The first-order chi connectivity index (χ1) is 16.0.